The van der Waals surface area contributed by atoms with Crippen molar-refractivity contribution in [2.45, 2.75) is 20.4 Å². The maximum Gasteiger partial charge on any atom is 0.221 e. The largest absolute Gasteiger partial charge is 0.381 e. The Morgan fingerprint density at radius 1 is 1.14 bits per heavy atom. The molecule has 0 atom stereocenters. The van der Waals surface area contributed by atoms with E-state index in [1.807, 2.05) is 31.2 Å². The number of anilines is 2. The summed E-state index contributed by atoms with van der Waals surface area (Å²) in [5, 5.41) is 7.40. The van der Waals surface area contributed by atoms with Crippen LogP contribution in [0.2, 0.25) is 10.0 Å². The van der Waals surface area contributed by atoms with E-state index in [9.17, 15) is 4.79 Å². The van der Waals surface area contributed by atoms with E-state index in [4.69, 9.17) is 23.2 Å². The summed E-state index contributed by atoms with van der Waals surface area (Å²) in [4.78, 5) is 11.2. The topological polar surface area (TPSA) is 41.1 Å². The molecule has 0 saturated carbocycles. The molecule has 0 heterocycles. The summed E-state index contributed by atoms with van der Waals surface area (Å²) in [7, 11) is 0. The lowest BCUT2D eigenvalue weighted by Gasteiger charge is -2.12. The van der Waals surface area contributed by atoms with Crippen LogP contribution < -0.4 is 10.6 Å². The molecule has 3 nitrogen and oxygen atoms in total. The van der Waals surface area contributed by atoms with E-state index in [0.29, 0.717) is 16.6 Å². The summed E-state index contributed by atoms with van der Waals surface area (Å²) in [5.74, 6) is -0.0897. The van der Waals surface area contributed by atoms with Crippen LogP contribution in [0.1, 0.15) is 18.1 Å². The molecule has 0 fully saturated rings. The number of nitrogens with one attached hydrogen (secondary N) is 2. The third kappa shape index (κ3) is 4.38. The van der Waals surface area contributed by atoms with E-state index < -0.39 is 0 Å². The molecule has 110 valence electrons. The first-order chi connectivity index (χ1) is 9.95. The van der Waals surface area contributed by atoms with Gasteiger partial charge in [0.25, 0.3) is 0 Å². The molecule has 0 spiro atoms. The quantitative estimate of drug-likeness (QED) is 0.842. The van der Waals surface area contributed by atoms with Gasteiger partial charge in [0.15, 0.2) is 0 Å². The van der Waals surface area contributed by atoms with Gasteiger partial charge in [0.05, 0.1) is 0 Å². The van der Waals surface area contributed by atoms with Crippen LogP contribution in [0.25, 0.3) is 0 Å². The molecule has 1 amide bonds. The first kappa shape index (κ1) is 15.7. The Morgan fingerprint density at radius 3 is 2.62 bits per heavy atom. The maximum atomic E-state index is 11.2. The minimum absolute atomic E-state index is 0.0897. The van der Waals surface area contributed by atoms with Crippen LogP contribution in [-0.2, 0) is 11.3 Å². The number of rotatable bonds is 4. The van der Waals surface area contributed by atoms with Crippen LogP contribution in [0.15, 0.2) is 36.4 Å². The van der Waals surface area contributed by atoms with Crippen molar-refractivity contribution in [3.63, 3.8) is 0 Å². The number of halogens is 2. The van der Waals surface area contributed by atoms with Crippen LogP contribution in [0.5, 0.6) is 0 Å². The van der Waals surface area contributed by atoms with Gasteiger partial charge in [-0.15, -0.1) is 0 Å². The lowest BCUT2D eigenvalue weighted by Crippen LogP contribution is -2.08. The summed E-state index contributed by atoms with van der Waals surface area (Å²) in [6.45, 7) is 4.00. The smallest absolute Gasteiger partial charge is 0.221 e. The average molecular weight is 323 g/mol. The van der Waals surface area contributed by atoms with Gasteiger partial charge in [0.1, 0.15) is 0 Å². The van der Waals surface area contributed by atoms with Crippen LogP contribution in [0, 0.1) is 6.92 Å². The predicted octanol–water partition coefficient (Wildman–Crippen LogP) is 4.87. The molecular formula is C16H16Cl2N2O. The molecule has 0 bridgehead atoms. The van der Waals surface area contributed by atoms with Gasteiger partial charge in [-0.25, -0.2) is 0 Å². The van der Waals surface area contributed by atoms with Crippen LogP contribution in [-0.4, -0.2) is 5.91 Å². The van der Waals surface area contributed by atoms with Gasteiger partial charge >= 0.3 is 0 Å². The fourth-order valence-electron chi connectivity index (χ4n) is 1.93. The van der Waals surface area contributed by atoms with Gasteiger partial charge in [-0.3, -0.25) is 4.79 Å². The van der Waals surface area contributed by atoms with Gasteiger partial charge in [-0.1, -0.05) is 29.3 Å². The monoisotopic (exact) mass is 322 g/mol. The molecule has 0 aliphatic carbocycles. The highest BCUT2D eigenvalue weighted by atomic mass is 35.5. The molecule has 0 radical (unpaired) electrons. The van der Waals surface area contributed by atoms with E-state index in [1.165, 1.54) is 6.92 Å². The number of hydrogen-bond donors (Lipinski definition) is 2. The molecule has 2 aromatic carbocycles. The second-order valence-electron chi connectivity index (χ2n) is 4.80. The van der Waals surface area contributed by atoms with Crippen LogP contribution in [0.4, 0.5) is 11.4 Å². The Morgan fingerprint density at radius 2 is 1.90 bits per heavy atom. The fourth-order valence-corrected chi connectivity index (χ4v) is 2.31. The van der Waals surface area contributed by atoms with E-state index >= 15 is 0 Å². The van der Waals surface area contributed by atoms with Crippen molar-refractivity contribution >= 4 is 40.5 Å². The predicted molar refractivity (Wildman–Crippen MR) is 89.3 cm³/mol. The van der Waals surface area contributed by atoms with E-state index in [-0.39, 0.29) is 5.91 Å². The van der Waals surface area contributed by atoms with Crippen molar-refractivity contribution in [2.75, 3.05) is 10.6 Å². The van der Waals surface area contributed by atoms with Crippen LogP contribution in [0.3, 0.4) is 0 Å². The normalized spacial score (nSPS) is 10.3. The molecule has 0 aliphatic rings. The molecule has 0 saturated heterocycles. The lowest BCUT2D eigenvalue weighted by atomic mass is 10.1. The van der Waals surface area contributed by atoms with E-state index in [0.717, 1.165) is 22.5 Å². The van der Waals surface area contributed by atoms with Crippen molar-refractivity contribution in [1.29, 1.82) is 0 Å². The summed E-state index contributed by atoms with van der Waals surface area (Å²) >= 11 is 12.1. The SMILES string of the molecule is CC(=O)Nc1cc(NCc2cc(Cl)ccc2Cl)ccc1C. The molecule has 0 aliphatic heterocycles. The number of benzene rings is 2. The Labute approximate surface area is 134 Å². The molecule has 2 aromatic rings. The molecule has 5 heteroatoms. The standard InChI is InChI=1S/C16H16Cl2N2O/c1-10-3-5-14(8-16(10)20-11(2)21)19-9-12-7-13(17)4-6-15(12)18/h3-8,19H,9H2,1-2H3,(H,20,21). The van der Waals surface area contributed by atoms with E-state index in [2.05, 4.69) is 10.6 Å². The number of aryl methyl sites for hydroxylation is 1. The van der Waals surface area contributed by atoms with Crippen molar-refractivity contribution in [2.24, 2.45) is 0 Å². The second-order valence-corrected chi connectivity index (χ2v) is 5.64. The zero-order valence-electron chi connectivity index (χ0n) is 11.8. The molecule has 2 rings (SSSR count). The zero-order chi connectivity index (χ0) is 15.4. The van der Waals surface area contributed by atoms with Crippen molar-refractivity contribution in [3.8, 4) is 0 Å². The number of hydrogen-bond acceptors (Lipinski definition) is 2. The Hall–Kier alpha value is -1.71. The highest BCUT2D eigenvalue weighted by Crippen LogP contribution is 2.24. The summed E-state index contributed by atoms with van der Waals surface area (Å²) in [6.07, 6.45) is 0. The molecule has 0 aromatic heterocycles. The second kappa shape index (κ2) is 6.83. The molecule has 0 unspecified atom stereocenters. The Kier molecular flexibility index (Phi) is 5.10. The van der Waals surface area contributed by atoms with Crippen molar-refractivity contribution < 1.29 is 4.79 Å². The first-order valence-electron chi connectivity index (χ1n) is 6.52. The van der Waals surface area contributed by atoms with Gasteiger partial charge < -0.3 is 10.6 Å². The average Bonchev–Trinajstić information content (AvgIpc) is 2.42. The number of amides is 1. The highest BCUT2D eigenvalue weighted by molar-refractivity contribution is 6.33. The third-order valence-corrected chi connectivity index (χ3v) is 3.64. The minimum Gasteiger partial charge on any atom is -0.381 e. The van der Waals surface area contributed by atoms with Gasteiger partial charge in [-0.05, 0) is 48.4 Å². The van der Waals surface area contributed by atoms with Crippen LogP contribution >= 0.6 is 23.2 Å². The van der Waals surface area contributed by atoms with Crippen molar-refractivity contribution in [1.82, 2.24) is 0 Å². The number of carbonyl (C=O) groups excluding carboxylic acids is 1. The first-order valence-corrected chi connectivity index (χ1v) is 7.27. The lowest BCUT2D eigenvalue weighted by molar-refractivity contribution is -0.114. The zero-order valence-corrected chi connectivity index (χ0v) is 13.3. The third-order valence-electron chi connectivity index (χ3n) is 3.04. The molecule has 21 heavy (non-hydrogen) atoms. The van der Waals surface area contributed by atoms with E-state index in [1.54, 1.807) is 12.1 Å². The fraction of sp³-hybridized carbons (Fsp3) is 0.188. The molecule has 2 N–H and O–H groups in total. The minimum atomic E-state index is -0.0897. The maximum absolute atomic E-state index is 11.2. The summed E-state index contributed by atoms with van der Waals surface area (Å²) < 4.78 is 0. The number of carbonyl (C=O) groups is 1. The Bertz CT molecular complexity index is 671. The van der Waals surface area contributed by atoms with Gasteiger partial charge in [0, 0.05) is 34.9 Å². The summed E-state index contributed by atoms with van der Waals surface area (Å²) in [6, 6.07) is 11.2. The highest BCUT2D eigenvalue weighted by Gasteiger charge is 2.04. The molecular weight excluding hydrogens is 307 g/mol. The van der Waals surface area contributed by atoms with Gasteiger partial charge in [0.2, 0.25) is 5.91 Å². The van der Waals surface area contributed by atoms with Gasteiger partial charge in [-0.2, -0.15) is 0 Å². The van der Waals surface area contributed by atoms with Crippen molar-refractivity contribution in [3.05, 3.63) is 57.6 Å². The summed E-state index contributed by atoms with van der Waals surface area (Å²) in [5.41, 5.74) is 3.63. The Balaban J connectivity index is 2.13.